The minimum absolute atomic E-state index is 0.0693. The number of nitrogens with zero attached hydrogens (tertiary/aromatic N) is 2. The summed E-state index contributed by atoms with van der Waals surface area (Å²) in [6.45, 7) is 6.89. The fourth-order valence-corrected chi connectivity index (χ4v) is 4.28. The van der Waals surface area contributed by atoms with E-state index in [0.29, 0.717) is 19.6 Å². The second kappa shape index (κ2) is 11.2. The number of hydrogen-bond donors (Lipinski definition) is 1. The normalized spacial score (nSPS) is 21.4. The number of ether oxygens (including phenoxy) is 1. The monoisotopic (exact) mass is 401 g/mol. The van der Waals surface area contributed by atoms with Crippen molar-refractivity contribution >= 4 is 11.8 Å². The standard InChI is InChI=1S/C23H35N3O3/c1-19(17-25-13-6-3-7-14-25)24-23(28)20-9-8-15-26(18-20)22(27)12-16-29-21-10-4-2-5-11-21/h2,4-5,10-11,19-20H,3,6-9,12-18H2,1H3,(H,24,28). The average Bonchev–Trinajstić information content (AvgIpc) is 2.75. The molecule has 3 rings (SSSR count). The van der Waals surface area contributed by atoms with Crippen molar-refractivity contribution in [2.75, 3.05) is 39.3 Å². The van der Waals surface area contributed by atoms with Gasteiger partial charge in [0.2, 0.25) is 11.8 Å². The number of rotatable bonds is 8. The van der Waals surface area contributed by atoms with E-state index in [1.54, 1.807) is 0 Å². The molecule has 6 heteroatoms. The van der Waals surface area contributed by atoms with Crippen LogP contribution in [0.2, 0.25) is 0 Å². The molecule has 2 amide bonds. The van der Waals surface area contributed by atoms with Crippen molar-refractivity contribution < 1.29 is 14.3 Å². The molecule has 0 saturated carbocycles. The summed E-state index contributed by atoms with van der Waals surface area (Å²) in [5, 5.41) is 3.18. The number of piperidine rings is 2. The number of likely N-dealkylation sites (tertiary alicyclic amines) is 2. The average molecular weight is 402 g/mol. The van der Waals surface area contributed by atoms with Gasteiger partial charge in [0.05, 0.1) is 18.9 Å². The summed E-state index contributed by atoms with van der Waals surface area (Å²) in [7, 11) is 0. The van der Waals surface area contributed by atoms with Crippen molar-refractivity contribution in [2.24, 2.45) is 5.92 Å². The number of para-hydroxylation sites is 1. The molecular formula is C23H35N3O3. The first-order valence-corrected chi connectivity index (χ1v) is 11.1. The largest absolute Gasteiger partial charge is 0.493 e. The molecule has 2 unspecified atom stereocenters. The molecule has 2 aliphatic heterocycles. The van der Waals surface area contributed by atoms with Crippen LogP contribution in [0.1, 0.15) is 45.4 Å². The van der Waals surface area contributed by atoms with Gasteiger partial charge in [0.25, 0.3) is 0 Å². The number of carbonyl (C=O) groups excluding carboxylic acids is 2. The number of nitrogens with one attached hydrogen (secondary N) is 1. The lowest BCUT2D eigenvalue weighted by Gasteiger charge is -2.34. The van der Waals surface area contributed by atoms with Gasteiger partial charge in [-0.2, -0.15) is 0 Å². The Morgan fingerprint density at radius 3 is 2.62 bits per heavy atom. The molecule has 2 aliphatic rings. The van der Waals surface area contributed by atoms with Gasteiger partial charge in [-0.1, -0.05) is 24.6 Å². The third-order valence-corrected chi connectivity index (χ3v) is 5.84. The first-order valence-electron chi connectivity index (χ1n) is 11.1. The van der Waals surface area contributed by atoms with E-state index in [2.05, 4.69) is 17.1 Å². The van der Waals surface area contributed by atoms with Crippen LogP contribution in [0.4, 0.5) is 0 Å². The Kier molecular flexibility index (Phi) is 8.35. The van der Waals surface area contributed by atoms with Crippen molar-refractivity contribution in [2.45, 2.75) is 51.5 Å². The summed E-state index contributed by atoms with van der Waals surface area (Å²) in [5.41, 5.74) is 0. The van der Waals surface area contributed by atoms with E-state index in [9.17, 15) is 9.59 Å². The Morgan fingerprint density at radius 1 is 1.10 bits per heavy atom. The molecule has 1 N–H and O–H groups in total. The predicted molar refractivity (Wildman–Crippen MR) is 114 cm³/mol. The lowest BCUT2D eigenvalue weighted by Crippen LogP contribution is -2.49. The van der Waals surface area contributed by atoms with E-state index in [1.807, 2.05) is 35.2 Å². The highest BCUT2D eigenvalue weighted by molar-refractivity contribution is 5.81. The number of carbonyl (C=O) groups is 2. The van der Waals surface area contributed by atoms with Crippen molar-refractivity contribution in [1.29, 1.82) is 0 Å². The molecule has 0 bridgehead atoms. The van der Waals surface area contributed by atoms with Crippen LogP contribution in [0.3, 0.4) is 0 Å². The second-order valence-corrected chi connectivity index (χ2v) is 8.36. The summed E-state index contributed by atoms with van der Waals surface area (Å²) >= 11 is 0. The van der Waals surface area contributed by atoms with Crippen LogP contribution >= 0.6 is 0 Å². The Labute approximate surface area is 174 Å². The molecule has 2 saturated heterocycles. The van der Waals surface area contributed by atoms with Crippen LogP contribution < -0.4 is 10.1 Å². The maximum atomic E-state index is 12.7. The van der Waals surface area contributed by atoms with E-state index >= 15 is 0 Å². The number of benzene rings is 1. The zero-order valence-corrected chi connectivity index (χ0v) is 17.6. The Balaban J connectivity index is 1.39. The van der Waals surface area contributed by atoms with Crippen LogP contribution in [0.15, 0.2) is 30.3 Å². The van der Waals surface area contributed by atoms with E-state index in [4.69, 9.17) is 4.74 Å². The zero-order chi connectivity index (χ0) is 20.5. The molecule has 0 radical (unpaired) electrons. The second-order valence-electron chi connectivity index (χ2n) is 8.36. The molecule has 2 heterocycles. The SMILES string of the molecule is CC(CN1CCCCC1)NC(=O)C1CCCN(C(=O)CCOc2ccccc2)C1. The summed E-state index contributed by atoms with van der Waals surface area (Å²) in [5.74, 6) is 0.831. The summed E-state index contributed by atoms with van der Waals surface area (Å²) in [6.07, 6.45) is 5.91. The van der Waals surface area contributed by atoms with Crippen molar-refractivity contribution in [1.82, 2.24) is 15.1 Å². The maximum Gasteiger partial charge on any atom is 0.226 e. The molecular weight excluding hydrogens is 366 g/mol. The van der Waals surface area contributed by atoms with E-state index < -0.39 is 0 Å². The fraction of sp³-hybridized carbons (Fsp3) is 0.652. The van der Waals surface area contributed by atoms with Crippen molar-refractivity contribution in [3.63, 3.8) is 0 Å². The Bertz CT molecular complexity index is 646. The van der Waals surface area contributed by atoms with Gasteiger partial charge in [0.1, 0.15) is 5.75 Å². The fourth-order valence-electron chi connectivity index (χ4n) is 4.28. The third kappa shape index (κ3) is 7.03. The lowest BCUT2D eigenvalue weighted by molar-refractivity contribution is -0.136. The van der Waals surface area contributed by atoms with Gasteiger partial charge in [-0.15, -0.1) is 0 Å². The van der Waals surface area contributed by atoms with Crippen LogP contribution in [-0.4, -0.2) is 67.0 Å². The highest BCUT2D eigenvalue weighted by Crippen LogP contribution is 2.18. The molecule has 0 aliphatic carbocycles. The molecule has 160 valence electrons. The highest BCUT2D eigenvalue weighted by atomic mass is 16.5. The summed E-state index contributed by atoms with van der Waals surface area (Å²) in [6, 6.07) is 9.68. The van der Waals surface area contributed by atoms with Gasteiger partial charge >= 0.3 is 0 Å². The number of amides is 2. The van der Waals surface area contributed by atoms with Crippen molar-refractivity contribution in [3.05, 3.63) is 30.3 Å². The molecule has 6 nitrogen and oxygen atoms in total. The van der Waals surface area contributed by atoms with Gasteiger partial charge in [-0.05, 0) is 57.8 Å². The summed E-state index contributed by atoms with van der Waals surface area (Å²) in [4.78, 5) is 29.5. The van der Waals surface area contributed by atoms with Gasteiger partial charge in [0, 0.05) is 25.7 Å². The smallest absolute Gasteiger partial charge is 0.226 e. The van der Waals surface area contributed by atoms with Crippen molar-refractivity contribution in [3.8, 4) is 5.75 Å². The molecule has 29 heavy (non-hydrogen) atoms. The van der Waals surface area contributed by atoms with E-state index in [0.717, 1.165) is 44.8 Å². The predicted octanol–water partition coefficient (Wildman–Crippen LogP) is 2.68. The van der Waals surface area contributed by atoms with Gasteiger partial charge in [-0.3, -0.25) is 9.59 Å². The van der Waals surface area contributed by atoms with E-state index in [-0.39, 0.29) is 23.8 Å². The first-order chi connectivity index (χ1) is 14.1. The highest BCUT2D eigenvalue weighted by Gasteiger charge is 2.29. The Hall–Kier alpha value is -2.08. The maximum absolute atomic E-state index is 12.7. The van der Waals surface area contributed by atoms with Gasteiger partial charge in [0.15, 0.2) is 0 Å². The molecule has 2 atom stereocenters. The minimum atomic E-state index is -0.105. The lowest BCUT2D eigenvalue weighted by atomic mass is 9.96. The zero-order valence-electron chi connectivity index (χ0n) is 17.6. The molecule has 1 aromatic rings. The van der Waals surface area contributed by atoms with E-state index in [1.165, 1.54) is 19.3 Å². The summed E-state index contributed by atoms with van der Waals surface area (Å²) < 4.78 is 5.64. The van der Waals surface area contributed by atoms with Crippen LogP contribution in [-0.2, 0) is 9.59 Å². The van der Waals surface area contributed by atoms with Gasteiger partial charge in [-0.25, -0.2) is 0 Å². The first kappa shape index (κ1) is 21.6. The third-order valence-electron chi connectivity index (χ3n) is 5.84. The topological polar surface area (TPSA) is 61.9 Å². The Morgan fingerprint density at radius 2 is 1.86 bits per heavy atom. The van der Waals surface area contributed by atoms with Gasteiger partial charge < -0.3 is 19.9 Å². The van der Waals surface area contributed by atoms with Crippen LogP contribution in [0.25, 0.3) is 0 Å². The number of hydrogen-bond acceptors (Lipinski definition) is 4. The van der Waals surface area contributed by atoms with Crippen LogP contribution in [0.5, 0.6) is 5.75 Å². The molecule has 0 aromatic heterocycles. The molecule has 2 fully saturated rings. The van der Waals surface area contributed by atoms with Crippen LogP contribution in [0, 0.1) is 5.92 Å². The molecule has 1 aromatic carbocycles. The minimum Gasteiger partial charge on any atom is -0.493 e. The quantitative estimate of drug-likeness (QED) is 0.728. The molecule has 0 spiro atoms.